The zero-order valence-corrected chi connectivity index (χ0v) is 20.5. The van der Waals surface area contributed by atoms with Crippen LogP contribution >= 0.6 is 11.6 Å². The smallest absolute Gasteiger partial charge is 0.274 e. The van der Waals surface area contributed by atoms with Crippen LogP contribution in [0, 0.1) is 6.92 Å². The van der Waals surface area contributed by atoms with Crippen LogP contribution in [0.3, 0.4) is 0 Å². The Labute approximate surface area is 207 Å². The predicted molar refractivity (Wildman–Crippen MR) is 132 cm³/mol. The van der Waals surface area contributed by atoms with E-state index in [9.17, 15) is 19.2 Å². The van der Waals surface area contributed by atoms with Crippen LogP contribution in [0.15, 0.2) is 42.5 Å². The molecule has 3 rings (SSSR count). The highest BCUT2D eigenvalue weighted by Crippen LogP contribution is 2.23. The number of likely N-dealkylation sites (N-methyl/N-ethyl adjacent to an activating group) is 1. The average molecular weight is 497 g/mol. The fourth-order valence-electron chi connectivity index (χ4n) is 3.45. The van der Waals surface area contributed by atoms with Crippen molar-refractivity contribution < 1.29 is 19.2 Å². The molecule has 0 bridgehead atoms. The highest BCUT2D eigenvalue weighted by molar-refractivity contribution is 6.30. The second kappa shape index (κ2) is 10.9. The van der Waals surface area contributed by atoms with E-state index in [2.05, 4.69) is 15.3 Å². The molecule has 0 aliphatic carbocycles. The number of hydrogen-bond acceptors (Lipinski definition) is 6. The molecule has 3 aromatic rings. The minimum absolute atomic E-state index is 0.0267. The maximum absolute atomic E-state index is 13.1. The van der Waals surface area contributed by atoms with Gasteiger partial charge in [0.15, 0.2) is 11.5 Å². The second-order valence-electron chi connectivity index (χ2n) is 7.96. The number of Topliss-reactive ketones (excluding diaryl/α,β-unsaturated/α-hetero) is 1. The minimum Gasteiger partial charge on any atom is -0.333 e. The lowest BCUT2D eigenvalue weighted by molar-refractivity contribution is -0.118. The lowest BCUT2D eigenvalue weighted by atomic mass is 10.1. The van der Waals surface area contributed by atoms with Crippen molar-refractivity contribution in [2.45, 2.75) is 20.4 Å². The van der Waals surface area contributed by atoms with Gasteiger partial charge < -0.3 is 19.7 Å². The topological polar surface area (TPSA) is 118 Å². The van der Waals surface area contributed by atoms with E-state index in [1.54, 1.807) is 31.2 Å². The van der Waals surface area contributed by atoms with Gasteiger partial charge in [-0.3, -0.25) is 19.2 Å². The third kappa shape index (κ3) is 6.10. The molecule has 0 saturated heterocycles. The third-order valence-corrected chi connectivity index (χ3v) is 5.35. The number of pyridine rings is 1. The van der Waals surface area contributed by atoms with E-state index >= 15 is 0 Å². The molecule has 35 heavy (non-hydrogen) atoms. The maximum Gasteiger partial charge on any atom is 0.274 e. The summed E-state index contributed by atoms with van der Waals surface area (Å²) >= 11 is 5.95. The summed E-state index contributed by atoms with van der Waals surface area (Å²) < 4.78 is 1.41. The van der Waals surface area contributed by atoms with Crippen LogP contribution in [0.4, 0.5) is 11.6 Å². The van der Waals surface area contributed by atoms with Crippen LogP contribution in [-0.2, 0) is 20.9 Å². The van der Waals surface area contributed by atoms with E-state index in [-0.39, 0.29) is 30.4 Å². The Hall–Kier alpha value is -4.05. The summed E-state index contributed by atoms with van der Waals surface area (Å²) in [4.78, 5) is 60.1. The molecule has 0 fully saturated rings. The molecule has 0 spiro atoms. The standard InChI is InChI=1S/C24H25ClN6O4/c1-15(33)12-29(3)24(35)22-23(30(4)14-32)26-16(2)31(22)13-21(34)28-20-7-5-6-19(27-20)17-8-10-18(25)11-9-17/h5-11,14H,12-13H2,1-4H3,(H,27,28,34). The van der Waals surface area contributed by atoms with E-state index in [1.165, 1.54) is 30.5 Å². The molecule has 0 unspecified atom stereocenters. The summed E-state index contributed by atoms with van der Waals surface area (Å²) in [5.41, 5.74) is 1.51. The first kappa shape index (κ1) is 25.6. The van der Waals surface area contributed by atoms with Gasteiger partial charge >= 0.3 is 0 Å². The molecule has 10 nitrogen and oxygen atoms in total. The zero-order chi connectivity index (χ0) is 25.7. The molecule has 0 radical (unpaired) electrons. The number of carbonyl (C=O) groups is 4. The van der Waals surface area contributed by atoms with Gasteiger partial charge in [0.25, 0.3) is 5.91 Å². The molecule has 1 aromatic carbocycles. The Bertz CT molecular complexity index is 1270. The SMILES string of the molecule is CC(=O)CN(C)C(=O)c1c(N(C)C=O)nc(C)n1CC(=O)Nc1cccc(-c2ccc(Cl)cc2)n1. The van der Waals surface area contributed by atoms with Gasteiger partial charge in [-0.15, -0.1) is 0 Å². The van der Waals surface area contributed by atoms with Crippen molar-refractivity contribution in [2.75, 3.05) is 30.9 Å². The van der Waals surface area contributed by atoms with Gasteiger partial charge in [0.05, 0.1) is 12.2 Å². The van der Waals surface area contributed by atoms with E-state index in [1.807, 2.05) is 18.2 Å². The molecule has 0 saturated carbocycles. The van der Waals surface area contributed by atoms with Crippen LogP contribution in [-0.4, -0.2) is 64.1 Å². The Morgan fingerprint density at radius 2 is 1.77 bits per heavy atom. The van der Waals surface area contributed by atoms with Gasteiger partial charge in [-0.2, -0.15) is 0 Å². The van der Waals surface area contributed by atoms with Crippen molar-refractivity contribution in [2.24, 2.45) is 0 Å². The van der Waals surface area contributed by atoms with E-state index in [0.29, 0.717) is 28.8 Å². The number of halogens is 1. The number of ketones is 1. The Morgan fingerprint density at radius 3 is 2.40 bits per heavy atom. The monoisotopic (exact) mass is 496 g/mol. The second-order valence-corrected chi connectivity index (χ2v) is 8.40. The summed E-state index contributed by atoms with van der Waals surface area (Å²) in [5.74, 6) is -0.430. The largest absolute Gasteiger partial charge is 0.333 e. The molecular weight excluding hydrogens is 472 g/mol. The molecular formula is C24H25ClN6O4. The van der Waals surface area contributed by atoms with E-state index < -0.39 is 11.8 Å². The maximum atomic E-state index is 13.1. The van der Waals surface area contributed by atoms with Gasteiger partial charge in [-0.05, 0) is 38.1 Å². The van der Waals surface area contributed by atoms with Crippen molar-refractivity contribution in [3.05, 3.63) is 59.0 Å². The first-order chi connectivity index (χ1) is 16.6. The molecule has 0 atom stereocenters. The van der Waals surface area contributed by atoms with Gasteiger partial charge in [0, 0.05) is 24.7 Å². The van der Waals surface area contributed by atoms with Crippen LogP contribution in [0.25, 0.3) is 11.3 Å². The number of aromatic nitrogens is 3. The fraction of sp³-hybridized carbons (Fsp3) is 0.250. The Morgan fingerprint density at radius 1 is 1.09 bits per heavy atom. The molecule has 0 aliphatic heterocycles. The molecule has 2 aromatic heterocycles. The van der Waals surface area contributed by atoms with Gasteiger partial charge in [0.1, 0.15) is 24.0 Å². The number of imidazole rings is 1. The van der Waals surface area contributed by atoms with E-state index in [0.717, 1.165) is 10.5 Å². The number of benzene rings is 1. The Kier molecular flexibility index (Phi) is 7.98. The quantitative estimate of drug-likeness (QED) is 0.455. The molecule has 3 amide bonds. The lowest BCUT2D eigenvalue weighted by Crippen LogP contribution is -2.35. The summed E-state index contributed by atoms with van der Waals surface area (Å²) in [6.07, 6.45) is 0.514. The summed E-state index contributed by atoms with van der Waals surface area (Å²) in [6, 6.07) is 12.4. The molecule has 2 heterocycles. The summed E-state index contributed by atoms with van der Waals surface area (Å²) in [6.45, 7) is 2.61. The number of anilines is 2. The van der Waals surface area contributed by atoms with Crippen molar-refractivity contribution >= 4 is 47.2 Å². The number of carbonyl (C=O) groups excluding carboxylic acids is 4. The zero-order valence-electron chi connectivity index (χ0n) is 19.8. The molecule has 182 valence electrons. The van der Waals surface area contributed by atoms with Crippen molar-refractivity contribution in [1.29, 1.82) is 0 Å². The highest BCUT2D eigenvalue weighted by Gasteiger charge is 2.28. The predicted octanol–water partition coefficient (Wildman–Crippen LogP) is 2.80. The van der Waals surface area contributed by atoms with Gasteiger partial charge in [-0.1, -0.05) is 29.8 Å². The molecule has 1 N–H and O–H groups in total. The summed E-state index contributed by atoms with van der Waals surface area (Å²) in [7, 11) is 2.92. The number of nitrogens with zero attached hydrogens (tertiary/aromatic N) is 5. The first-order valence-electron chi connectivity index (χ1n) is 10.6. The van der Waals surface area contributed by atoms with Crippen LogP contribution in [0.2, 0.25) is 5.02 Å². The number of rotatable bonds is 9. The van der Waals surface area contributed by atoms with Crippen LogP contribution < -0.4 is 10.2 Å². The number of amides is 3. The fourth-order valence-corrected chi connectivity index (χ4v) is 3.57. The minimum atomic E-state index is -0.542. The van der Waals surface area contributed by atoms with Crippen molar-refractivity contribution in [3.8, 4) is 11.3 Å². The number of aryl methyl sites for hydroxylation is 1. The van der Waals surface area contributed by atoms with Crippen LogP contribution in [0.1, 0.15) is 23.2 Å². The molecule has 0 aliphatic rings. The van der Waals surface area contributed by atoms with E-state index in [4.69, 9.17) is 11.6 Å². The van der Waals surface area contributed by atoms with Crippen molar-refractivity contribution in [3.63, 3.8) is 0 Å². The Balaban J connectivity index is 1.87. The number of nitrogens with one attached hydrogen (secondary N) is 1. The van der Waals surface area contributed by atoms with Gasteiger partial charge in [0.2, 0.25) is 12.3 Å². The van der Waals surface area contributed by atoms with Crippen molar-refractivity contribution in [1.82, 2.24) is 19.4 Å². The number of hydrogen-bond donors (Lipinski definition) is 1. The highest BCUT2D eigenvalue weighted by atomic mass is 35.5. The normalized spacial score (nSPS) is 10.5. The third-order valence-electron chi connectivity index (χ3n) is 5.10. The lowest BCUT2D eigenvalue weighted by Gasteiger charge is -2.19. The average Bonchev–Trinajstić information content (AvgIpc) is 3.13. The van der Waals surface area contributed by atoms with Crippen LogP contribution in [0.5, 0.6) is 0 Å². The summed E-state index contributed by atoms with van der Waals surface area (Å²) in [5, 5.41) is 3.34. The first-order valence-corrected chi connectivity index (χ1v) is 11.0. The molecule has 11 heteroatoms. The van der Waals surface area contributed by atoms with Gasteiger partial charge in [-0.25, -0.2) is 9.97 Å².